The summed E-state index contributed by atoms with van der Waals surface area (Å²) < 4.78 is 28.8. The largest absolute Gasteiger partial charge is 0.487 e. The molecule has 0 amide bonds. The van der Waals surface area contributed by atoms with Gasteiger partial charge in [-0.05, 0) is 23.3 Å². The van der Waals surface area contributed by atoms with Crippen LogP contribution in [0.2, 0.25) is 0 Å². The summed E-state index contributed by atoms with van der Waals surface area (Å²) in [6, 6.07) is 19.5. The maximum atomic E-state index is 6.17. The van der Waals surface area contributed by atoms with Crippen LogP contribution in [-0.2, 0) is 27.3 Å². The smallest absolute Gasteiger partial charge is 0.163 e. The van der Waals surface area contributed by atoms with E-state index in [2.05, 4.69) is 10.6 Å². The summed E-state index contributed by atoms with van der Waals surface area (Å²) in [6.07, 6.45) is 0. The number of fused-ring (bicyclic) bond motifs is 1. The number of benzene rings is 3. The molecular formula is C28H36N4O5. The molecule has 0 aliphatic carbocycles. The minimum Gasteiger partial charge on any atom is -0.487 e. The lowest BCUT2D eigenvalue weighted by Gasteiger charge is -2.20. The van der Waals surface area contributed by atoms with Crippen molar-refractivity contribution in [2.24, 2.45) is 0 Å². The van der Waals surface area contributed by atoms with E-state index >= 15 is 0 Å². The van der Waals surface area contributed by atoms with Crippen LogP contribution in [0.4, 0.5) is 22.7 Å². The molecule has 0 radical (unpaired) electrons. The van der Waals surface area contributed by atoms with Crippen LogP contribution < -0.4 is 31.6 Å². The van der Waals surface area contributed by atoms with Crippen molar-refractivity contribution in [3.8, 4) is 11.5 Å². The van der Waals surface area contributed by atoms with Crippen LogP contribution in [0, 0.1) is 0 Å². The fraction of sp³-hybridized carbons (Fsp3) is 0.357. The van der Waals surface area contributed by atoms with Crippen molar-refractivity contribution in [3.05, 3.63) is 71.8 Å². The molecule has 4 rings (SSSR count). The molecule has 9 heteroatoms. The molecule has 198 valence electrons. The third kappa shape index (κ3) is 8.18. The predicted octanol–water partition coefficient (Wildman–Crippen LogP) is 3.90. The zero-order valence-electron chi connectivity index (χ0n) is 21.0. The first-order valence-electron chi connectivity index (χ1n) is 12.5. The summed E-state index contributed by atoms with van der Waals surface area (Å²) >= 11 is 0. The second kappa shape index (κ2) is 14.2. The highest BCUT2D eigenvalue weighted by Crippen LogP contribution is 2.38. The summed E-state index contributed by atoms with van der Waals surface area (Å²) in [5.74, 6) is 1.23. The lowest BCUT2D eigenvalue weighted by molar-refractivity contribution is 0.00708. The number of anilines is 4. The first kappa shape index (κ1) is 26.4. The predicted molar refractivity (Wildman–Crippen MR) is 146 cm³/mol. The van der Waals surface area contributed by atoms with Crippen LogP contribution in [0.25, 0.3) is 0 Å². The van der Waals surface area contributed by atoms with Gasteiger partial charge in [0.15, 0.2) is 11.5 Å². The summed E-state index contributed by atoms with van der Waals surface area (Å²) in [6.45, 7) is 4.79. The average molecular weight is 509 g/mol. The Kier molecular flexibility index (Phi) is 10.1. The number of nitrogens with one attached hydrogen (secondary N) is 2. The molecule has 3 aromatic carbocycles. The van der Waals surface area contributed by atoms with E-state index in [1.54, 1.807) is 0 Å². The first-order chi connectivity index (χ1) is 18.2. The van der Waals surface area contributed by atoms with Crippen LogP contribution in [-0.4, -0.2) is 52.9 Å². The van der Waals surface area contributed by atoms with Crippen LogP contribution >= 0.6 is 0 Å². The molecule has 3 aromatic rings. The van der Waals surface area contributed by atoms with E-state index in [1.807, 2.05) is 60.7 Å². The lowest BCUT2D eigenvalue weighted by Crippen LogP contribution is -2.13. The van der Waals surface area contributed by atoms with E-state index in [1.165, 1.54) is 0 Å². The van der Waals surface area contributed by atoms with E-state index in [-0.39, 0.29) is 0 Å². The van der Waals surface area contributed by atoms with Crippen LogP contribution in [0.1, 0.15) is 11.1 Å². The zero-order chi connectivity index (χ0) is 25.7. The summed E-state index contributed by atoms with van der Waals surface area (Å²) in [4.78, 5) is 0. The Balaban J connectivity index is 1.57. The molecule has 1 aliphatic heterocycles. The molecule has 0 fully saturated rings. The van der Waals surface area contributed by atoms with Gasteiger partial charge in [0.25, 0.3) is 0 Å². The normalized spacial score (nSPS) is 15.2. The van der Waals surface area contributed by atoms with Crippen LogP contribution in [0.5, 0.6) is 11.5 Å². The molecule has 0 spiro atoms. The molecule has 6 N–H and O–H groups in total. The highest BCUT2D eigenvalue weighted by atomic mass is 16.6. The molecule has 1 aliphatic rings. The van der Waals surface area contributed by atoms with Gasteiger partial charge in [0.1, 0.15) is 13.2 Å². The van der Waals surface area contributed by atoms with Crippen molar-refractivity contribution in [1.82, 2.24) is 0 Å². The second-order valence-corrected chi connectivity index (χ2v) is 8.48. The minimum atomic E-state index is 0.380. The number of nitrogen functional groups attached to an aromatic ring is 2. The van der Waals surface area contributed by atoms with E-state index in [9.17, 15) is 0 Å². The summed E-state index contributed by atoms with van der Waals surface area (Å²) in [7, 11) is 0. The Labute approximate surface area is 218 Å². The van der Waals surface area contributed by atoms with Gasteiger partial charge < -0.3 is 45.8 Å². The molecule has 0 atom stereocenters. The van der Waals surface area contributed by atoms with Gasteiger partial charge >= 0.3 is 0 Å². The summed E-state index contributed by atoms with van der Waals surface area (Å²) in [5.41, 5.74) is 17.5. The van der Waals surface area contributed by atoms with E-state index in [0.717, 1.165) is 33.9 Å². The SMILES string of the molecule is Nc1ccccc1CNc1cc2c(cc1NCc1ccccc1N)OCCOCCOCCOCCO2. The van der Waals surface area contributed by atoms with Crippen molar-refractivity contribution in [1.29, 1.82) is 0 Å². The monoisotopic (exact) mass is 508 g/mol. The van der Waals surface area contributed by atoms with E-state index < -0.39 is 0 Å². The van der Waals surface area contributed by atoms with Crippen LogP contribution in [0.15, 0.2) is 60.7 Å². The molecule has 1 heterocycles. The Hall–Kier alpha value is -3.66. The number of rotatable bonds is 6. The first-order valence-corrected chi connectivity index (χ1v) is 12.5. The van der Waals surface area contributed by atoms with Crippen molar-refractivity contribution in [2.45, 2.75) is 13.1 Å². The Bertz CT molecular complexity index is 1040. The third-order valence-corrected chi connectivity index (χ3v) is 5.85. The maximum Gasteiger partial charge on any atom is 0.163 e. The van der Waals surface area contributed by atoms with Gasteiger partial charge in [-0.25, -0.2) is 0 Å². The Morgan fingerprint density at radius 2 is 0.919 bits per heavy atom. The molecule has 0 saturated carbocycles. The number of para-hydroxylation sites is 2. The van der Waals surface area contributed by atoms with Gasteiger partial charge in [0, 0.05) is 36.6 Å². The van der Waals surface area contributed by atoms with Crippen molar-refractivity contribution >= 4 is 22.7 Å². The summed E-state index contributed by atoms with van der Waals surface area (Å²) in [5, 5.41) is 7.00. The van der Waals surface area contributed by atoms with E-state index in [0.29, 0.717) is 77.4 Å². The molecule has 0 aromatic heterocycles. The van der Waals surface area contributed by atoms with Gasteiger partial charge in [-0.1, -0.05) is 36.4 Å². The minimum absolute atomic E-state index is 0.380. The Morgan fingerprint density at radius 3 is 1.32 bits per heavy atom. The van der Waals surface area contributed by atoms with Crippen molar-refractivity contribution in [2.75, 3.05) is 75.0 Å². The van der Waals surface area contributed by atoms with E-state index in [4.69, 9.17) is 35.2 Å². The maximum absolute atomic E-state index is 6.17. The highest BCUT2D eigenvalue weighted by molar-refractivity contribution is 5.75. The zero-order valence-corrected chi connectivity index (χ0v) is 21.0. The van der Waals surface area contributed by atoms with Crippen molar-refractivity contribution in [3.63, 3.8) is 0 Å². The third-order valence-electron chi connectivity index (χ3n) is 5.85. The lowest BCUT2D eigenvalue weighted by atomic mass is 10.1. The standard InChI is InChI=1S/C28H36N4O5/c29-23-7-3-1-5-21(23)19-31-25-17-27-28(18-26(25)32-20-22-6-2-4-8-24(22)30)37-16-14-35-12-10-33-9-11-34-13-15-36-27/h1-8,17-18,31-32H,9-16,19-20,29-30H2. The van der Waals surface area contributed by atoms with Gasteiger partial charge in [-0.15, -0.1) is 0 Å². The number of hydrogen-bond acceptors (Lipinski definition) is 9. The highest BCUT2D eigenvalue weighted by Gasteiger charge is 2.14. The average Bonchev–Trinajstić information content (AvgIpc) is 2.92. The molecule has 0 unspecified atom stereocenters. The Morgan fingerprint density at radius 1 is 0.541 bits per heavy atom. The fourth-order valence-corrected chi connectivity index (χ4v) is 3.81. The van der Waals surface area contributed by atoms with Crippen LogP contribution in [0.3, 0.4) is 0 Å². The molecule has 9 nitrogen and oxygen atoms in total. The van der Waals surface area contributed by atoms with Gasteiger partial charge in [0.2, 0.25) is 0 Å². The number of nitrogens with two attached hydrogens (primary N) is 2. The quantitative estimate of drug-likeness (QED) is 0.367. The number of hydrogen-bond donors (Lipinski definition) is 4. The van der Waals surface area contributed by atoms with Crippen molar-refractivity contribution < 1.29 is 23.7 Å². The fourth-order valence-electron chi connectivity index (χ4n) is 3.81. The molecule has 37 heavy (non-hydrogen) atoms. The molecular weight excluding hydrogens is 472 g/mol. The van der Waals surface area contributed by atoms with Gasteiger partial charge in [0.05, 0.1) is 51.0 Å². The van der Waals surface area contributed by atoms with Gasteiger partial charge in [-0.2, -0.15) is 0 Å². The topological polar surface area (TPSA) is 122 Å². The molecule has 0 saturated heterocycles. The molecule has 0 bridgehead atoms. The van der Waals surface area contributed by atoms with Gasteiger partial charge in [-0.3, -0.25) is 0 Å². The number of ether oxygens (including phenoxy) is 5. The second-order valence-electron chi connectivity index (χ2n) is 8.48.